The lowest BCUT2D eigenvalue weighted by Crippen LogP contribution is -2.20. The second-order valence-electron chi connectivity index (χ2n) is 9.44. The average molecular weight is 530 g/mol. The molecule has 0 saturated carbocycles. The molecule has 0 aliphatic carbocycles. The van der Waals surface area contributed by atoms with Gasteiger partial charge in [-0.3, -0.25) is 9.79 Å². The summed E-state index contributed by atoms with van der Waals surface area (Å²) < 4.78 is 16.1. The topological polar surface area (TPSA) is 74.2 Å². The molecule has 0 fully saturated rings. The Kier molecular flexibility index (Phi) is 12.2. The minimum absolute atomic E-state index is 0.0275. The predicted octanol–water partition coefficient (Wildman–Crippen LogP) is 7.95. The van der Waals surface area contributed by atoms with Crippen LogP contribution in [0.3, 0.4) is 0 Å². The van der Waals surface area contributed by atoms with Crippen LogP contribution in [0.2, 0.25) is 0 Å². The monoisotopic (exact) mass is 529 g/mol. The van der Waals surface area contributed by atoms with E-state index < -0.39 is 12.1 Å². The molecule has 0 bridgehead atoms. The van der Waals surface area contributed by atoms with Crippen LogP contribution < -0.4 is 4.74 Å². The molecule has 0 N–H and O–H groups in total. The average Bonchev–Trinajstić information content (AvgIpc) is 2.94. The number of ether oxygens (including phenoxy) is 3. The maximum atomic E-state index is 12.3. The van der Waals surface area contributed by atoms with Crippen molar-refractivity contribution >= 4 is 23.8 Å². The van der Waals surface area contributed by atoms with Crippen molar-refractivity contribution in [1.82, 2.24) is 0 Å². The van der Waals surface area contributed by atoms with Crippen LogP contribution in [0.15, 0.2) is 77.8 Å². The van der Waals surface area contributed by atoms with E-state index in [1.807, 2.05) is 24.3 Å². The lowest BCUT2D eigenvalue weighted by molar-refractivity contribution is -0.145. The maximum Gasteiger partial charge on any atom is 0.338 e. The van der Waals surface area contributed by atoms with Gasteiger partial charge in [0.25, 0.3) is 0 Å². The fourth-order valence-corrected chi connectivity index (χ4v) is 3.98. The van der Waals surface area contributed by atoms with Gasteiger partial charge >= 0.3 is 11.9 Å². The first-order valence-corrected chi connectivity index (χ1v) is 13.8. The summed E-state index contributed by atoms with van der Waals surface area (Å²) in [5, 5.41) is 0. The van der Waals surface area contributed by atoms with Crippen molar-refractivity contribution in [3.8, 4) is 16.9 Å². The fourth-order valence-electron chi connectivity index (χ4n) is 3.98. The molecule has 3 aromatic rings. The first kappa shape index (κ1) is 29.6. The Morgan fingerprint density at radius 2 is 1.46 bits per heavy atom. The van der Waals surface area contributed by atoms with Gasteiger partial charge in [0.05, 0.1) is 30.9 Å². The van der Waals surface area contributed by atoms with Crippen molar-refractivity contribution in [2.75, 3.05) is 13.2 Å². The van der Waals surface area contributed by atoms with Gasteiger partial charge in [0, 0.05) is 6.21 Å². The molecule has 0 spiro atoms. The molecule has 3 rings (SSSR count). The Balaban J connectivity index is 1.48. The molecule has 0 aromatic heterocycles. The molecule has 0 saturated heterocycles. The van der Waals surface area contributed by atoms with Crippen molar-refractivity contribution in [2.45, 2.75) is 65.4 Å². The van der Waals surface area contributed by atoms with Crippen molar-refractivity contribution < 1.29 is 23.8 Å². The summed E-state index contributed by atoms with van der Waals surface area (Å²) in [6.45, 7) is 6.69. The summed E-state index contributed by atoms with van der Waals surface area (Å²) in [7, 11) is 0. The van der Waals surface area contributed by atoms with Crippen LogP contribution in [0.25, 0.3) is 11.1 Å². The van der Waals surface area contributed by atoms with E-state index in [0.29, 0.717) is 12.2 Å². The molecular weight excluding hydrogens is 490 g/mol. The highest BCUT2D eigenvalue weighted by Gasteiger charge is 2.16. The van der Waals surface area contributed by atoms with Gasteiger partial charge in [0.1, 0.15) is 11.9 Å². The number of hydrogen-bond donors (Lipinski definition) is 0. The number of rotatable bonds is 15. The van der Waals surface area contributed by atoms with E-state index >= 15 is 0 Å². The van der Waals surface area contributed by atoms with Gasteiger partial charge in [0.2, 0.25) is 0 Å². The zero-order valence-corrected chi connectivity index (χ0v) is 23.2. The quantitative estimate of drug-likeness (QED) is 0.113. The third-order valence-corrected chi connectivity index (χ3v) is 6.15. The predicted molar refractivity (Wildman–Crippen MR) is 156 cm³/mol. The summed E-state index contributed by atoms with van der Waals surface area (Å²) in [4.78, 5) is 28.4. The molecule has 6 heteroatoms. The van der Waals surface area contributed by atoms with E-state index in [1.54, 1.807) is 44.3 Å². The first-order valence-electron chi connectivity index (χ1n) is 13.8. The maximum absolute atomic E-state index is 12.3. The van der Waals surface area contributed by atoms with Crippen LogP contribution in [0.4, 0.5) is 5.69 Å². The number of hydrogen-bond acceptors (Lipinski definition) is 6. The lowest BCUT2D eigenvalue weighted by atomic mass is 10.0. The molecule has 1 atom stereocenters. The normalized spacial score (nSPS) is 11.8. The molecular formula is C33H39NO5. The second kappa shape index (κ2) is 16.1. The van der Waals surface area contributed by atoms with Gasteiger partial charge in [-0.2, -0.15) is 0 Å². The SMILES string of the molecule is CCCCCCCOc1ccc(-c2ccc(C=Nc3ccc(C(=O)OC(C)CC(=O)OCC)cc3)cc2)cc1. The van der Waals surface area contributed by atoms with Gasteiger partial charge in [-0.05, 0) is 73.4 Å². The number of carbonyl (C=O) groups excluding carboxylic acids is 2. The zero-order valence-electron chi connectivity index (χ0n) is 23.2. The van der Waals surface area contributed by atoms with E-state index in [-0.39, 0.29) is 12.4 Å². The van der Waals surface area contributed by atoms with Gasteiger partial charge in [-0.25, -0.2) is 4.79 Å². The molecule has 6 nitrogen and oxygen atoms in total. The molecule has 206 valence electrons. The standard InChI is InChI=1S/C33H39NO5/c1-4-6-7-8-9-22-38-31-20-16-28(17-21-31)27-12-10-26(11-13-27)24-34-30-18-14-29(15-19-30)33(36)39-25(3)23-32(35)37-5-2/h10-21,24-25H,4-9,22-23H2,1-3H3. The zero-order chi connectivity index (χ0) is 27.9. The van der Waals surface area contributed by atoms with E-state index in [4.69, 9.17) is 14.2 Å². The van der Waals surface area contributed by atoms with Crippen LogP contribution in [0.5, 0.6) is 5.75 Å². The van der Waals surface area contributed by atoms with Crippen LogP contribution in [-0.4, -0.2) is 37.5 Å². The van der Waals surface area contributed by atoms with Crippen LogP contribution in [-0.2, 0) is 14.3 Å². The van der Waals surface area contributed by atoms with E-state index in [0.717, 1.165) is 41.2 Å². The van der Waals surface area contributed by atoms with Gasteiger partial charge in [0.15, 0.2) is 0 Å². The van der Waals surface area contributed by atoms with Gasteiger partial charge < -0.3 is 14.2 Å². The number of carbonyl (C=O) groups is 2. The lowest BCUT2D eigenvalue weighted by Gasteiger charge is -2.12. The van der Waals surface area contributed by atoms with Crippen LogP contribution in [0, 0.1) is 0 Å². The van der Waals surface area contributed by atoms with E-state index in [1.165, 1.54) is 25.7 Å². The Labute approximate surface area is 232 Å². The number of unbranched alkanes of at least 4 members (excludes halogenated alkanes) is 4. The molecule has 1 unspecified atom stereocenters. The highest BCUT2D eigenvalue weighted by atomic mass is 16.6. The molecule has 0 aliphatic heterocycles. The third kappa shape index (κ3) is 10.4. The highest BCUT2D eigenvalue weighted by molar-refractivity contribution is 5.90. The molecule has 0 aliphatic rings. The molecule has 39 heavy (non-hydrogen) atoms. The molecule has 3 aromatic carbocycles. The van der Waals surface area contributed by atoms with Gasteiger partial charge in [-0.15, -0.1) is 0 Å². The van der Waals surface area contributed by atoms with Crippen molar-refractivity contribution in [1.29, 1.82) is 0 Å². The summed E-state index contributed by atoms with van der Waals surface area (Å²) in [6, 6.07) is 23.2. The third-order valence-electron chi connectivity index (χ3n) is 6.15. The Morgan fingerprint density at radius 3 is 2.10 bits per heavy atom. The number of aliphatic imine (C=N–C) groups is 1. The summed E-state index contributed by atoms with van der Waals surface area (Å²) in [6.07, 6.45) is 7.41. The Morgan fingerprint density at radius 1 is 0.821 bits per heavy atom. The Bertz CT molecular complexity index is 1180. The fraction of sp³-hybridized carbons (Fsp3) is 0.364. The minimum Gasteiger partial charge on any atom is -0.494 e. The van der Waals surface area contributed by atoms with Crippen molar-refractivity contribution in [3.63, 3.8) is 0 Å². The smallest absolute Gasteiger partial charge is 0.338 e. The van der Waals surface area contributed by atoms with Crippen LogP contribution >= 0.6 is 0 Å². The number of benzene rings is 3. The van der Waals surface area contributed by atoms with Gasteiger partial charge in [-0.1, -0.05) is 69.0 Å². The number of nitrogens with zero attached hydrogens (tertiary/aromatic N) is 1. The highest BCUT2D eigenvalue weighted by Crippen LogP contribution is 2.23. The van der Waals surface area contributed by atoms with Crippen molar-refractivity contribution in [2.24, 2.45) is 4.99 Å². The first-order chi connectivity index (χ1) is 19.0. The molecule has 0 radical (unpaired) electrons. The molecule has 0 amide bonds. The van der Waals surface area contributed by atoms with Crippen LogP contribution in [0.1, 0.15) is 75.2 Å². The summed E-state index contributed by atoms with van der Waals surface area (Å²) in [5.74, 6) is 0.0326. The van der Waals surface area contributed by atoms with E-state index in [9.17, 15) is 9.59 Å². The van der Waals surface area contributed by atoms with Crippen molar-refractivity contribution in [3.05, 3.63) is 83.9 Å². The number of esters is 2. The van der Waals surface area contributed by atoms with E-state index in [2.05, 4.69) is 36.2 Å². The summed E-state index contributed by atoms with van der Waals surface area (Å²) >= 11 is 0. The second-order valence-corrected chi connectivity index (χ2v) is 9.44. The minimum atomic E-state index is -0.561. The largest absolute Gasteiger partial charge is 0.494 e. The summed E-state index contributed by atoms with van der Waals surface area (Å²) in [5.41, 5.74) is 4.35. The molecule has 0 heterocycles. The Hall–Kier alpha value is -3.93.